The molecule has 0 aliphatic rings. The van der Waals surface area contributed by atoms with E-state index in [0.29, 0.717) is 10.4 Å². The van der Waals surface area contributed by atoms with Crippen molar-refractivity contribution in [1.29, 1.82) is 0 Å². The van der Waals surface area contributed by atoms with E-state index in [-0.39, 0.29) is 25.6 Å². The highest BCUT2D eigenvalue weighted by molar-refractivity contribution is 7.12. The monoisotopic (exact) mass is 282 g/mol. The van der Waals surface area contributed by atoms with E-state index in [0.717, 1.165) is 0 Å². The molecule has 0 aromatic carbocycles. The van der Waals surface area contributed by atoms with Gasteiger partial charge in [0.1, 0.15) is 4.88 Å². The predicted molar refractivity (Wildman–Crippen MR) is 75.1 cm³/mol. The molecule has 0 fully saturated rings. The lowest BCUT2D eigenvalue weighted by Gasteiger charge is -2.20. The Bertz CT molecular complexity index is 476. The number of aliphatic hydroxyl groups excluding tert-OH is 1. The Morgan fingerprint density at radius 2 is 2.42 bits per heavy atom. The standard InChI is InChI=1S/C13H18N2O3S/c1-15(8-11(16)9-18-2)13(17)12-10(4-3-6-14)5-7-19-12/h5,7,11,16H,6,8-9,14H2,1-2H3. The van der Waals surface area contributed by atoms with Crippen LogP contribution in [0.4, 0.5) is 0 Å². The molecule has 0 aliphatic heterocycles. The van der Waals surface area contributed by atoms with Gasteiger partial charge < -0.3 is 20.5 Å². The molecule has 3 N–H and O–H groups in total. The highest BCUT2D eigenvalue weighted by Crippen LogP contribution is 2.17. The minimum Gasteiger partial charge on any atom is -0.389 e. The largest absolute Gasteiger partial charge is 0.389 e. The van der Waals surface area contributed by atoms with E-state index in [9.17, 15) is 9.90 Å². The molecule has 0 aliphatic carbocycles. The molecular formula is C13H18N2O3S. The lowest BCUT2D eigenvalue weighted by atomic mass is 10.2. The second-order valence-corrected chi connectivity index (χ2v) is 4.88. The minimum absolute atomic E-state index is 0.161. The summed E-state index contributed by atoms with van der Waals surface area (Å²) in [5, 5.41) is 11.4. The van der Waals surface area contributed by atoms with Crippen LogP contribution in [-0.4, -0.2) is 55.9 Å². The Morgan fingerprint density at radius 3 is 3.05 bits per heavy atom. The first kappa shape index (κ1) is 15.7. The first-order valence-corrected chi connectivity index (χ1v) is 6.67. The summed E-state index contributed by atoms with van der Waals surface area (Å²) >= 11 is 1.33. The number of likely N-dealkylation sites (N-methyl/N-ethyl adjacent to an activating group) is 1. The Labute approximate surface area is 117 Å². The molecule has 5 nitrogen and oxygen atoms in total. The number of aliphatic hydroxyl groups is 1. The molecule has 104 valence electrons. The van der Waals surface area contributed by atoms with Gasteiger partial charge >= 0.3 is 0 Å². The number of amides is 1. The average Bonchev–Trinajstić information content (AvgIpc) is 2.83. The third kappa shape index (κ3) is 4.65. The molecule has 0 saturated carbocycles. The molecule has 0 spiro atoms. The fourth-order valence-electron chi connectivity index (χ4n) is 1.54. The zero-order valence-corrected chi connectivity index (χ0v) is 11.9. The molecule has 0 bridgehead atoms. The molecule has 1 unspecified atom stereocenters. The van der Waals surface area contributed by atoms with Gasteiger partial charge in [0.15, 0.2) is 0 Å². The number of hydrogen-bond acceptors (Lipinski definition) is 5. The maximum Gasteiger partial charge on any atom is 0.265 e. The SMILES string of the molecule is COCC(O)CN(C)C(=O)c1sccc1C#CCN. The second-order valence-electron chi connectivity index (χ2n) is 3.96. The van der Waals surface area contributed by atoms with Crippen molar-refractivity contribution < 1.29 is 14.6 Å². The van der Waals surface area contributed by atoms with Gasteiger partial charge in [0, 0.05) is 26.3 Å². The summed E-state index contributed by atoms with van der Waals surface area (Å²) in [4.78, 5) is 14.2. The van der Waals surface area contributed by atoms with Crippen molar-refractivity contribution in [2.24, 2.45) is 5.73 Å². The van der Waals surface area contributed by atoms with Crippen molar-refractivity contribution >= 4 is 17.2 Å². The lowest BCUT2D eigenvalue weighted by molar-refractivity contribution is 0.0382. The Hall–Kier alpha value is -1.39. The maximum absolute atomic E-state index is 12.2. The van der Waals surface area contributed by atoms with E-state index in [1.807, 2.05) is 5.38 Å². The second kappa shape index (κ2) is 7.92. The third-order valence-electron chi connectivity index (χ3n) is 2.37. The summed E-state index contributed by atoms with van der Waals surface area (Å²) in [7, 11) is 3.14. The zero-order chi connectivity index (χ0) is 14.3. The molecule has 0 saturated heterocycles. The normalized spacial score (nSPS) is 11.6. The topological polar surface area (TPSA) is 75.8 Å². The summed E-state index contributed by atoms with van der Waals surface area (Å²) in [6.45, 7) is 0.669. The van der Waals surface area contributed by atoms with E-state index in [1.165, 1.54) is 23.3 Å². The van der Waals surface area contributed by atoms with E-state index >= 15 is 0 Å². The van der Waals surface area contributed by atoms with Crippen LogP contribution in [0.1, 0.15) is 15.2 Å². The number of methoxy groups -OCH3 is 1. The summed E-state index contributed by atoms with van der Waals surface area (Å²) < 4.78 is 4.83. The van der Waals surface area contributed by atoms with E-state index in [1.54, 1.807) is 13.1 Å². The van der Waals surface area contributed by atoms with E-state index in [4.69, 9.17) is 10.5 Å². The minimum atomic E-state index is -0.697. The zero-order valence-electron chi connectivity index (χ0n) is 11.0. The van der Waals surface area contributed by atoms with Crippen LogP contribution in [0.2, 0.25) is 0 Å². The summed E-state index contributed by atoms with van der Waals surface area (Å²) in [5.41, 5.74) is 5.99. The van der Waals surface area contributed by atoms with Crippen molar-refractivity contribution in [1.82, 2.24) is 4.90 Å². The highest BCUT2D eigenvalue weighted by Gasteiger charge is 2.18. The van der Waals surface area contributed by atoms with Gasteiger partial charge in [0.2, 0.25) is 0 Å². The fraction of sp³-hybridized carbons (Fsp3) is 0.462. The lowest BCUT2D eigenvalue weighted by Crippen LogP contribution is -2.36. The Balaban J connectivity index is 2.74. The maximum atomic E-state index is 12.2. The van der Waals surface area contributed by atoms with Crippen molar-refractivity contribution in [2.75, 3.05) is 33.9 Å². The molecule has 19 heavy (non-hydrogen) atoms. The van der Waals surface area contributed by atoms with Gasteiger partial charge in [-0.2, -0.15) is 0 Å². The number of ether oxygens (including phenoxy) is 1. The first-order valence-electron chi connectivity index (χ1n) is 5.79. The van der Waals surface area contributed by atoms with Crippen LogP contribution in [0.15, 0.2) is 11.4 Å². The van der Waals surface area contributed by atoms with Crippen LogP contribution in [0.3, 0.4) is 0 Å². The number of hydrogen-bond donors (Lipinski definition) is 2. The van der Waals surface area contributed by atoms with Crippen LogP contribution in [0.5, 0.6) is 0 Å². The Morgan fingerprint density at radius 1 is 1.68 bits per heavy atom. The van der Waals surface area contributed by atoms with Crippen molar-refractivity contribution in [2.45, 2.75) is 6.10 Å². The van der Waals surface area contributed by atoms with Crippen molar-refractivity contribution in [3.05, 3.63) is 21.9 Å². The van der Waals surface area contributed by atoms with Gasteiger partial charge in [-0.15, -0.1) is 11.3 Å². The van der Waals surface area contributed by atoms with Gasteiger partial charge in [0.05, 0.1) is 19.3 Å². The number of thiophene rings is 1. The molecular weight excluding hydrogens is 264 g/mol. The molecule has 1 atom stereocenters. The van der Waals surface area contributed by atoms with Crippen LogP contribution >= 0.6 is 11.3 Å². The van der Waals surface area contributed by atoms with Crippen molar-refractivity contribution in [3.8, 4) is 11.8 Å². The predicted octanol–water partition coefficient (Wildman–Crippen LogP) is 0.138. The summed E-state index contributed by atoms with van der Waals surface area (Å²) in [5.74, 6) is 5.44. The molecule has 1 amide bonds. The smallest absolute Gasteiger partial charge is 0.265 e. The number of rotatable bonds is 5. The highest BCUT2D eigenvalue weighted by atomic mass is 32.1. The molecule has 1 aromatic rings. The van der Waals surface area contributed by atoms with Gasteiger partial charge in [0.25, 0.3) is 5.91 Å². The number of nitrogens with zero attached hydrogens (tertiary/aromatic N) is 1. The van der Waals surface area contributed by atoms with Gasteiger partial charge in [-0.05, 0) is 11.4 Å². The van der Waals surface area contributed by atoms with Crippen LogP contribution < -0.4 is 5.73 Å². The van der Waals surface area contributed by atoms with Crippen molar-refractivity contribution in [3.63, 3.8) is 0 Å². The van der Waals surface area contributed by atoms with Crippen LogP contribution in [-0.2, 0) is 4.74 Å². The summed E-state index contributed by atoms with van der Waals surface area (Å²) in [6, 6.07) is 1.79. The number of carbonyl (C=O) groups excluding carboxylic acids is 1. The molecule has 1 rings (SSSR count). The van der Waals surface area contributed by atoms with Crippen LogP contribution in [0.25, 0.3) is 0 Å². The van der Waals surface area contributed by atoms with Crippen LogP contribution in [0, 0.1) is 11.8 Å². The third-order valence-corrected chi connectivity index (χ3v) is 3.28. The van der Waals surface area contributed by atoms with E-state index < -0.39 is 6.10 Å². The fourth-order valence-corrected chi connectivity index (χ4v) is 2.38. The number of carbonyl (C=O) groups is 1. The van der Waals surface area contributed by atoms with Gasteiger partial charge in [-0.1, -0.05) is 11.8 Å². The van der Waals surface area contributed by atoms with Gasteiger partial charge in [-0.3, -0.25) is 4.79 Å². The average molecular weight is 282 g/mol. The molecule has 1 heterocycles. The Kier molecular flexibility index (Phi) is 6.53. The molecule has 1 aromatic heterocycles. The number of nitrogens with two attached hydrogens (primary N) is 1. The quantitative estimate of drug-likeness (QED) is 0.753. The molecule has 0 radical (unpaired) electrons. The summed E-state index contributed by atoms with van der Waals surface area (Å²) in [6.07, 6.45) is -0.697. The van der Waals surface area contributed by atoms with Gasteiger partial charge in [-0.25, -0.2) is 0 Å². The van der Waals surface area contributed by atoms with E-state index in [2.05, 4.69) is 11.8 Å². The molecule has 6 heteroatoms. The first-order chi connectivity index (χ1) is 9.10.